The molecule has 1 saturated carbocycles. The Morgan fingerprint density at radius 3 is 2.58 bits per heavy atom. The maximum absolute atomic E-state index is 13.0. The summed E-state index contributed by atoms with van der Waals surface area (Å²) in [5, 5.41) is 0.664. The Morgan fingerprint density at radius 1 is 1.21 bits per heavy atom. The molecule has 1 aromatic carbocycles. The first kappa shape index (κ1) is 15.8. The molecule has 0 unspecified atom stereocenters. The van der Waals surface area contributed by atoms with Crippen LogP contribution in [0.2, 0.25) is 0 Å². The van der Waals surface area contributed by atoms with E-state index in [1.165, 1.54) is 6.33 Å². The predicted molar refractivity (Wildman–Crippen MR) is 84.4 cm³/mol. The van der Waals surface area contributed by atoms with E-state index in [4.69, 9.17) is 0 Å². The van der Waals surface area contributed by atoms with Crippen LogP contribution in [0.4, 0.5) is 13.2 Å². The van der Waals surface area contributed by atoms with Crippen molar-refractivity contribution in [2.75, 3.05) is 6.54 Å². The van der Waals surface area contributed by atoms with Crippen molar-refractivity contribution in [1.82, 2.24) is 20.8 Å². The van der Waals surface area contributed by atoms with Crippen molar-refractivity contribution in [3.05, 3.63) is 35.8 Å². The SMILES string of the molecule is FC(F)(F)Cc1cc2cncnc2cc1C1CCC2(CC1)CNN2. The van der Waals surface area contributed by atoms with Crippen molar-refractivity contribution in [2.24, 2.45) is 0 Å². The Balaban J connectivity index is 1.68. The number of nitrogens with zero attached hydrogens (tertiary/aromatic N) is 2. The van der Waals surface area contributed by atoms with Crippen molar-refractivity contribution < 1.29 is 13.2 Å². The molecule has 128 valence electrons. The molecule has 0 atom stereocenters. The fourth-order valence-electron chi connectivity index (χ4n) is 3.96. The molecule has 1 spiro atoms. The molecule has 0 radical (unpaired) electrons. The Bertz CT molecular complexity index is 745. The van der Waals surface area contributed by atoms with E-state index in [2.05, 4.69) is 20.8 Å². The van der Waals surface area contributed by atoms with Gasteiger partial charge in [0.25, 0.3) is 0 Å². The first-order chi connectivity index (χ1) is 11.4. The molecule has 24 heavy (non-hydrogen) atoms. The van der Waals surface area contributed by atoms with E-state index >= 15 is 0 Å². The number of fused-ring (bicyclic) bond motifs is 1. The number of alkyl halides is 3. The van der Waals surface area contributed by atoms with Crippen LogP contribution in [0.3, 0.4) is 0 Å². The van der Waals surface area contributed by atoms with Gasteiger partial charge in [0.1, 0.15) is 6.33 Å². The van der Waals surface area contributed by atoms with E-state index in [9.17, 15) is 13.2 Å². The molecule has 1 saturated heterocycles. The summed E-state index contributed by atoms with van der Waals surface area (Å²) in [7, 11) is 0. The third kappa shape index (κ3) is 2.98. The number of rotatable bonds is 2. The lowest BCUT2D eigenvalue weighted by Crippen LogP contribution is -2.70. The number of aromatic nitrogens is 2. The summed E-state index contributed by atoms with van der Waals surface area (Å²) < 4.78 is 39.1. The third-order valence-electron chi connectivity index (χ3n) is 5.32. The van der Waals surface area contributed by atoms with Gasteiger partial charge in [0.15, 0.2) is 0 Å². The van der Waals surface area contributed by atoms with Crippen LogP contribution in [0, 0.1) is 0 Å². The molecular formula is C17H19F3N4. The quantitative estimate of drug-likeness (QED) is 0.884. The van der Waals surface area contributed by atoms with Crippen LogP contribution < -0.4 is 10.9 Å². The van der Waals surface area contributed by atoms with Crippen molar-refractivity contribution in [1.29, 1.82) is 0 Å². The fraction of sp³-hybridized carbons (Fsp3) is 0.529. The predicted octanol–water partition coefficient (Wildman–Crippen LogP) is 3.24. The molecule has 4 rings (SSSR count). The van der Waals surface area contributed by atoms with Gasteiger partial charge in [0.05, 0.1) is 11.9 Å². The molecule has 2 N–H and O–H groups in total. The molecule has 2 aliphatic rings. The molecule has 1 aromatic heterocycles. The molecular weight excluding hydrogens is 317 g/mol. The summed E-state index contributed by atoms with van der Waals surface area (Å²) in [6.07, 6.45) is 1.67. The maximum atomic E-state index is 13.0. The van der Waals surface area contributed by atoms with Gasteiger partial charge in [-0.1, -0.05) is 0 Å². The highest BCUT2D eigenvalue weighted by atomic mass is 19.4. The lowest BCUT2D eigenvalue weighted by Gasteiger charge is -2.48. The Hall–Kier alpha value is -1.73. The number of hydrazine groups is 1. The van der Waals surface area contributed by atoms with Crippen LogP contribution in [0.25, 0.3) is 10.9 Å². The summed E-state index contributed by atoms with van der Waals surface area (Å²) in [6.45, 7) is 0.945. The van der Waals surface area contributed by atoms with E-state index in [1.54, 1.807) is 12.3 Å². The summed E-state index contributed by atoms with van der Waals surface area (Å²) in [5.74, 6) is 0.162. The first-order valence-corrected chi connectivity index (χ1v) is 8.24. The van der Waals surface area contributed by atoms with Gasteiger partial charge in [-0.2, -0.15) is 13.2 Å². The van der Waals surface area contributed by atoms with E-state index in [-0.39, 0.29) is 11.5 Å². The zero-order chi connectivity index (χ0) is 16.8. The number of nitrogens with one attached hydrogen (secondary N) is 2. The van der Waals surface area contributed by atoms with Gasteiger partial charge >= 0.3 is 6.18 Å². The topological polar surface area (TPSA) is 49.8 Å². The minimum Gasteiger partial charge on any atom is -0.255 e. The van der Waals surface area contributed by atoms with Gasteiger partial charge in [0, 0.05) is 23.7 Å². The van der Waals surface area contributed by atoms with Crippen LogP contribution in [0.15, 0.2) is 24.7 Å². The van der Waals surface area contributed by atoms with E-state index in [0.717, 1.165) is 43.3 Å². The van der Waals surface area contributed by atoms with Crippen molar-refractivity contribution in [2.45, 2.75) is 49.7 Å². The minimum absolute atomic E-state index is 0.152. The fourth-order valence-corrected chi connectivity index (χ4v) is 3.96. The monoisotopic (exact) mass is 336 g/mol. The van der Waals surface area contributed by atoms with Gasteiger partial charge < -0.3 is 0 Å². The first-order valence-electron chi connectivity index (χ1n) is 8.24. The van der Waals surface area contributed by atoms with Crippen LogP contribution >= 0.6 is 0 Å². The van der Waals surface area contributed by atoms with E-state index < -0.39 is 12.6 Å². The minimum atomic E-state index is -4.21. The Labute approximate surface area is 137 Å². The van der Waals surface area contributed by atoms with Gasteiger partial charge in [-0.05, 0) is 54.9 Å². The molecule has 1 aliphatic carbocycles. The van der Waals surface area contributed by atoms with Gasteiger partial charge in [-0.3, -0.25) is 10.9 Å². The largest absolute Gasteiger partial charge is 0.393 e. The number of hydrogen-bond donors (Lipinski definition) is 2. The number of halogens is 3. The molecule has 4 nitrogen and oxygen atoms in total. The van der Waals surface area contributed by atoms with E-state index in [0.29, 0.717) is 10.9 Å². The van der Waals surface area contributed by atoms with Crippen LogP contribution in [-0.2, 0) is 6.42 Å². The second kappa shape index (κ2) is 5.67. The lowest BCUT2D eigenvalue weighted by atomic mass is 9.72. The maximum Gasteiger partial charge on any atom is 0.393 e. The Kier molecular flexibility index (Phi) is 3.73. The molecule has 7 heteroatoms. The van der Waals surface area contributed by atoms with Crippen molar-refractivity contribution in [3.8, 4) is 0 Å². The highest BCUT2D eigenvalue weighted by Crippen LogP contribution is 2.42. The normalized spacial score (nSPS) is 27.4. The van der Waals surface area contributed by atoms with Crippen molar-refractivity contribution in [3.63, 3.8) is 0 Å². The lowest BCUT2D eigenvalue weighted by molar-refractivity contribution is -0.127. The average molecular weight is 336 g/mol. The van der Waals surface area contributed by atoms with Gasteiger partial charge in [0.2, 0.25) is 0 Å². The summed E-state index contributed by atoms with van der Waals surface area (Å²) >= 11 is 0. The van der Waals surface area contributed by atoms with Crippen LogP contribution in [0.5, 0.6) is 0 Å². The second-order valence-corrected chi connectivity index (χ2v) is 6.96. The zero-order valence-electron chi connectivity index (χ0n) is 13.2. The molecule has 2 heterocycles. The molecule has 2 fully saturated rings. The average Bonchev–Trinajstić information content (AvgIpc) is 2.51. The highest BCUT2D eigenvalue weighted by molar-refractivity contribution is 5.79. The molecule has 0 bridgehead atoms. The van der Waals surface area contributed by atoms with Gasteiger partial charge in [-0.15, -0.1) is 0 Å². The molecule has 0 amide bonds. The second-order valence-electron chi connectivity index (χ2n) is 6.96. The summed E-state index contributed by atoms with van der Waals surface area (Å²) in [4.78, 5) is 8.14. The molecule has 1 aliphatic heterocycles. The number of hydrogen-bond acceptors (Lipinski definition) is 4. The highest BCUT2D eigenvalue weighted by Gasteiger charge is 2.41. The smallest absolute Gasteiger partial charge is 0.255 e. The summed E-state index contributed by atoms with van der Waals surface area (Å²) in [5.41, 5.74) is 8.38. The van der Waals surface area contributed by atoms with Crippen LogP contribution in [-0.4, -0.2) is 28.2 Å². The summed E-state index contributed by atoms with van der Waals surface area (Å²) in [6, 6.07) is 3.46. The van der Waals surface area contributed by atoms with Gasteiger partial charge in [-0.25, -0.2) is 9.97 Å². The van der Waals surface area contributed by atoms with Crippen LogP contribution in [0.1, 0.15) is 42.7 Å². The molecule has 2 aromatic rings. The third-order valence-corrected chi connectivity index (χ3v) is 5.32. The zero-order valence-corrected chi connectivity index (χ0v) is 13.2. The Morgan fingerprint density at radius 2 is 1.96 bits per heavy atom. The van der Waals surface area contributed by atoms with Crippen molar-refractivity contribution >= 4 is 10.9 Å². The number of benzene rings is 1. The van der Waals surface area contributed by atoms with E-state index in [1.807, 2.05) is 6.07 Å². The standard InChI is InChI=1S/C17H19F3N4/c18-17(19,20)7-12-5-13-8-21-10-22-15(13)6-14(12)11-1-3-16(4-2-11)9-23-24-16/h5-6,8,10-11,23-24H,1-4,7,9H2.